The second kappa shape index (κ2) is 7.60. The number of primary amides is 1. The van der Waals surface area contributed by atoms with Gasteiger partial charge in [0, 0.05) is 12.0 Å². The lowest BCUT2D eigenvalue weighted by Gasteiger charge is -2.39. The van der Waals surface area contributed by atoms with Crippen LogP contribution in [-0.4, -0.2) is 30.7 Å². The van der Waals surface area contributed by atoms with Gasteiger partial charge in [0.15, 0.2) is 0 Å². The van der Waals surface area contributed by atoms with Gasteiger partial charge in [0.1, 0.15) is 17.0 Å². The number of carbonyl (C=O) groups excluding carboxylic acids is 1. The van der Waals surface area contributed by atoms with Crippen LogP contribution in [0.2, 0.25) is 0 Å². The smallest absolute Gasteiger partial charge is 0.431 e. The SMILES string of the molecule is N#CCC1(COc2ccc(-c3cc(C(N)=O)c(=O)[nH]c3C(F)(F)F)cc2)COC1. The zero-order valence-electron chi connectivity index (χ0n) is 15.0. The molecule has 1 fully saturated rings. The lowest BCUT2D eigenvalue weighted by atomic mass is 9.84. The number of nitrogens with two attached hydrogens (primary N) is 1. The monoisotopic (exact) mass is 407 g/mol. The Kier molecular flexibility index (Phi) is 5.35. The summed E-state index contributed by atoms with van der Waals surface area (Å²) in [6.45, 7) is 1.04. The van der Waals surface area contributed by atoms with Gasteiger partial charge in [0.25, 0.3) is 11.5 Å². The van der Waals surface area contributed by atoms with Crippen LogP contribution >= 0.6 is 0 Å². The highest BCUT2D eigenvalue weighted by molar-refractivity contribution is 5.94. The number of nitriles is 1. The number of hydrogen-bond donors (Lipinski definition) is 2. The summed E-state index contributed by atoms with van der Waals surface area (Å²) in [6.07, 6.45) is -4.57. The molecule has 1 aliphatic heterocycles. The van der Waals surface area contributed by atoms with Gasteiger partial charge in [-0.1, -0.05) is 12.1 Å². The van der Waals surface area contributed by atoms with Crippen molar-refractivity contribution < 1.29 is 27.4 Å². The number of carbonyl (C=O) groups is 1. The Labute approximate surface area is 162 Å². The molecule has 29 heavy (non-hydrogen) atoms. The van der Waals surface area contributed by atoms with E-state index in [2.05, 4.69) is 6.07 Å². The fourth-order valence-corrected chi connectivity index (χ4v) is 2.93. The minimum atomic E-state index is -4.84. The molecule has 7 nitrogen and oxygen atoms in total. The first-order valence-corrected chi connectivity index (χ1v) is 8.47. The molecular weight excluding hydrogens is 391 g/mol. The standard InChI is InChI=1S/C19H16F3N3O4/c20-19(21,22)15-13(7-14(16(24)26)17(27)25-15)11-1-3-12(4-2-11)29-10-18(5-6-23)8-28-9-18/h1-4,7H,5,8-10H2,(H2,24,26)(H,25,27). The zero-order chi connectivity index (χ0) is 21.2. The summed E-state index contributed by atoms with van der Waals surface area (Å²) in [4.78, 5) is 24.8. The first kappa shape index (κ1) is 20.4. The van der Waals surface area contributed by atoms with Crippen LogP contribution in [0, 0.1) is 16.7 Å². The van der Waals surface area contributed by atoms with Crippen LogP contribution in [0.1, 0.15) is 22.5 Å². The second-order valence-electron chi connectivity index (χ2n) is 6.80. The molecule has 0 bridgehead atoms. The van der Waals surface area contributed by atoms with E-state index in [0.717, 1.165) is 6.07 Å². The van der Waals surface area contributed by atoms with Crippen LogP contribution in [0.4, 0.5) is 13.2 Å². The predicted molar refractivity (Wildman–Crippen MR) is 95.0 cm³/mol. The van der Waals surface area contributed by atoms with Crippen molar-refractivity contribution in [2.24, 2.45) is 11.1 Å². The largest absolute Gasteiger partial charge is 0.493 e. The van der Waals surface area contributed by atoms with Crippen LogP contribution in [0.5, 0.6) is 5.75 Å². The van der Waals surface area contributed by atoms with Crippen LogP contribution in [-0.2, 0) is 10.9 Å². The molecule has 0 atom stereocenters. The third-order valence-electron chi connectivity index (χ3n) is 4.57. The molecule has 152 valence electrons. The molecule has 0 spiro atoms. The number of alkyl halides is 3. The van der Waals surface area contributed by atoms with Crippen molar-refractivity contribution >= 4 is 5.91 Å². The quantitative estimate of drug-likeness (QED) is 0.763. The maximum absolute atomic E-state index is 13.3. The molecule has 1 amide bonds. The molecule has 10 heteroatoms. The number of aromatic nitrogens is 1. The first-order valence-electron chi connectivity index (χ1n) is 8.47. The topological polar surface area (TPSA) is 118 Å². The third-order valence-corrected chi connectivity index (χ3v) is 4.57. The molecule has 2 heterocycles. The van der Waals surface area contributed by atoms with Crippen molar-refractivity contribution in [3.63, 3.8) is 0 Å². The lowest BCUT2D eigenvalue weighted by molar-refractivity contribution is -0.140. The summed E-state index contributed by atoms with van der Waals surface area (Å²) in [7, 11) is 0. The molecule has 3 N–H and O–H groups in total. The van der Waals surface area contributed by atoms with Gasteiger partial charge in [0.2, 0.25) is 0 Å². The van der Waals surface area contributed by atoms with Gasteiger partial charge in [-0.2, -0.15) is 18.4 Å². The summed E-state index contributed by atoms with van der Waals surface area (Å²) in [6, 6.07) is 8.58. The minimum absolute atomic E-state index is 0.113. The van der Waals surface area contributed by atoms with Gasteiger partial charge in [-0.25, -0.2) is 0 Å². The van der Waals surface area contributed by atoms with Gasteiger partial charge in [-0.05, 0) is 23.8 Å². The zero-order valence-corrected chi connectivity index (χ0v) is 15.0. The highest BCUT2D eigenvalue weighted by Gasteiger charge is 2.39. The highest BCUT2D eigenvalue weighted by atomic mass is 19.4. The van der Waals surface area contributed by atoms with E-state index in [1.54, 1.807) is 4.98 Å². The number of hydrogen-bond acceptors (Lipinski definition) is 5. The van der Waals surface area contributed by atoms with E-state index in [9.17, 15) is 22.8 Å². The number of nitrogens with zero attached hydrogens (tertiary/aromatic N) is 1. The van der Waals surface area contributed by atoms with Gasteiger partial charge < -0.3 is 20.2 Å². The van der Waals surface area contributed by atoms with Crippen molar-refractivity contribution in [1.82, 2.24) is 4.98 Å². The highest BCUT2D eigenvalue weighted by Crippen LogP contribution is 2.36. The maximum Gasteiger partial charge on any atom is 0.431 e. The van der Waals surface area contributed by atoms with Crippen molar-refractivity contribution in [1.29, 1.82) is 5.26 Å². The molecule has 0 saturated carbocycles. The molecule has 0 unspecified atom stereocenters. The summed E-state index contributed by atoms with van der Waals surface area (Å²) < 4.78 is 50.8. The molecule has 0 aliphatic carbocycles. The number of halogens is 3. The Bertz CT molecular complexity index is 1020. The first-order chi connectivity index (χ1) is 13.6. The summed E-state index contributed by atoms with van der Waals surface area (Å²) in [5.74, 6) is -0.738. The molecule has 1 aromatic carbocycles. The van der Waals surface area contributed by atoms with Crippen molar-refractivity contribution in [3.05, 3.63) is 51.9 Å². The molecule has 0 radical (unpaired) electrons. The number of rotatable bonds is 6. The number of amides is 1. The van der Waals surface area contributed by atoms with Crippen LogP contribution < -0.4 is 16.0 Å². The van der Waals surface area contributed by atoms with Crippen LogP contribution in [0.3, 0.4) is 0 Å². The summed E-state index contributed by atoms with van der Waals surface area (Å²) >= 11 is 0. The van der Waals surface area contributed by atoms with Crippen molar-refractivity contribution in [2.75, 3.05) is 19.8 Å². The number of aromatic amines is 1. The van der Waals surface area contributed by atoms with Gasteiger partial charge in [-0.3, -0.25) is 9.59 Å². The number of ether oxygens (including phenoxy) is 2. The Balaban J connectivity index is 1.89. The van der Waals surface area contributed by atoms with E-state index >= 15 is 0 Å². The van der Waals surface area contributed by atoms with E-state index in [-0.39, 0.29) is 29.6 Å². The van der Waals surface area contributed by atoms with Gasteiger partial charge in [-0.15, -0.1) is 0 Å². The third kappa shape index (κ3) is 4.25. The number of pyridine rings is 1. The Morgan fingerprint density at radius 3 is 2.45 bits per heavy atom. The fraction of sp³-hybridized carbons (Fsp3) is 0.316. The van der Waals surface area contributed by atoms with E-state index in [4.69, 9.17) is 20.5 Å². The molecular formula is C19H16F3N3O4. The van der Waals surface area contributed by atoms with E-state index in [1.807, 2.05) is 0 Å². The van der Waals surface area contributed by atoms with Gasteiger partial charge >= 0.3 is 6.18 Å². The van der Waals surface area contributed by atoms with Crippen LogP contribution in [0.25, 0.3) is 11.1 Å². The number of benzene rings is 1. The summed E-state index contributed by atoms with van der Waals surface area (Å²) in [5, 5.41) is 8.89. The molecule has 2 aromatic rings. The van der Waals surface area contributed by atoms with Crippen molar-refractivity contribution in [2.45, 2.75) is 12.6 Å². The Hall–Kier alpha value is -3.32. The van der Waals surface area contributed by atoms with E-state index < -0.39 is 28.9 Å². The minimum Gasteiger partial charge on any atom is -0.493 e. The van der Waals surface area contributed by atoms with Crippen molar-refractivity contribution in [3.8, 4) is 22.9 Å². The number of H-pyrrole nitrogens is 1. The Morgan fingerprint density at radius 1 is 1.31 bits per heavy atom. The fourth-order valence-electron chi connectivity index (χ4n) is 2.93. The van der Waals surface area contributed by atoms with E-state index in [0.29, 0.717) is 19.0 Å². The molecule has 3 rings (SSSR count). The molecule has 1 aliphatic rings. The summed E-state index contributed by atoms with van der Waals surface area (Å²) in [5.41, 5.74) is 1.36. The molecule has 1 aromatic heterocycles. The number of nitrogens with one attached hydrogen (secondary N) is 1. The normalized spacial score (nSPS) is 15.2. The maximum atomic E-state index is 13.3. The Morgan fingerprint density at radius 2 is 1.97 bits per heavy atom. The molecule has 1 saturated heterocycles. The predicted octanol–water partition coefficient (Wildman–Crippen LogP) is 2.47. The lowest BCUT2D eigenvalue weighted by Crippen LogP contribution is -2.46. The average Bonchev–Trinajstić information content (AvgIpc) is 2.63. The second-order valence-corrected chi connectivity index (χ2v) is 6.80. The average molecular weight is 407 g/mol. The van der Waals surface area contributed by atoms with Gasteiger partial charge in [0.05, 0.1) is 31.3 Å². The van der Waals surface area contributed by atoms with E-state index in [1.165, 1.54) is 24.3 Å². The van der Waals surface area contributed by atoms with Crippen LogP contribution in [0.15, 0.2) is 35.1 Å².